The molecule has 6 aromatic carbocycles. The van der Waals surface area contributed by atoms with Gasteiger partial charge in [0.05, 0.1) is 31.9 Å². The Bertz CT molecular complexity index is 3620. The monoisotopic (exact) mass is 840 g/mol. The smallest absolute Gasteiger partial charge is 0.744 e. The summed E-state index contributed by atoms with van der Waals surface area (Å²) in [6.07, 6.45) is 0. The summed E-state index contributed by atoms with van der Waals surface area (Å²) in [4.78, 5) is 63.0. The van der Waals surface area contributed by atoms with Crippen LogP contribution in [0.5, 0.6) is 0 Å². The molecular weight excluding hydrogens is 819 g/mol. The Kier molecular flexibility index (Phi) is 8.75. The number of fused-ring (bicyclic) bond motifs is 8. The van der Waals surface area contributed by atoms with Gasteiger partial charge < -0.3 is 29.0 Å². The van der Waals surface area contributed by atoms with E-state index in [9.17, 15) is 45.1 Å². The van der Waals surface area contributed by atoms with Crippen molar-refractivity contribution in [2.45, 2.75) is 9.79 Å². The first-order valence-electron chi connectivity index (χ1n) is 16.7. The Hall–Kier alpha value is -6.49. The van der Waals surface area contributed by atoms with Crippen LogP contribution in [0.15, 0.2) is 138 Å². The number of hydrogen-bond acceptors (Lipinski definition) is 10. The molecule has 10 aromatic rings. The van der Waals surface area contributed by atoms with Crippen molar-refractivity contribution in [3.8, 4) is 0 Å². The van der Waals surface area contributed by atoms with Gasteiger partial charge in [-0.3, -0.25) is 19.2 Å². The van der Waals surface area contributed by atoms with Crippen LogP contribution < -0.4 is 21.7 Å². The molecule has 284 valence electrons. The molecule has 0 radical (unpaired) electrons. The van der Waals surface area contributed by atoms with Crippen molar-refractivity contribution in [3.05, 3.63) is 150 Å². The van der Waals surface area contributed by atoms with E-state index in [1.54, 1.807) is 72.8 Å². The van der Waals surface area contributed by atoms with E-state index >= 15 is 0 Å². The van der Waals surface area contributed by atoms with Gasteiger partial charge in [-0.1, -0.05) is 24.3 Å². The summed E-state index contributed by atoms with van der Waals surface area (Å²) in [5.74, 6) is 0. The quantitative estimate of drug-likeness (QED) is 0.101. The molecule has 0 amide bonds. The van der Waals surface area contributed by atoms with Crippen LogP contribution in [0.25, 0.3) is 87.2 Å². The fourth-order valence-electron chi connectivity index (χ4n) is 7.06. The summed E-state index contributed by atoms with van der Waals surface area (Å²) in [7, 11) is -9.36. The third-order valence-corrected chi connectivity index (χ3v) is 11.4. The zero-order valence-corrected chi connectivity index (χ0v) is 31.2. The van der Waals surface area contributed by atoms with Crippen molar-refractivity contribution in [2.24, 2.45) is 0 Å². The normalized spacial score (nSPS) is 12.1. The molecule has 4 aromatic heterocycles. The van der Waals surface area contributed by atoms with Crippen LogP contribution in [0, 0.1) is 0 Å². The Morgan fingerprint density at radius 1 is 0.333 bits per heavy atom. The van der Waals surface area contributed by atoms with E-state index in [-0.39, 0.29) is 48.9 Å². The standard InChI is InChI=1S/2C20H12N2O5S.Ni/c2*23-19-11-3-1-2-4-15(11)21-17-9-14-18(8-13(17)19)22-16-6-5-10(28(25,26)27)7-12(16)20(14)24;/h2*1-9H,(H,21,23)(H,22,24)(H,25,26,27);/q;;+2/p-2. The molecule has 0 spiro atoms. The van der Waals surface area contributed by atoms with E-state index in [1.807, 2.05) is 0 Å². The van der Waals surface area contributed by atoms with Gasteiger partial charge in [0.15, 0.2) is 21.7 Å². The molecule has 14 nitrogen and oxygen atoms in total. The SMILES string of the molecule is O=c1c2ccccc2[nH]c2cc3c(=O)c4cc(S(=O)(=O)[O-])ccc4[nH]c3cc12.O=c1c2ccccc2[nH]c2cc3c(=O)c4cc(S(=O)(=O)[O-])ccc4[nH]c3cc12.[Ni+2]. The molecule has 0 aliphatic rings. The average molecular weight is 841 g/mol. The van der Waals surface area contributed by atoms with Crippen LogP contribution in [0.1, 0.15) is 0 Å². The number of pyridine rings is 4. The predicted molar refractivity (Wildman–Crippen MR) is 211 cm³/mol. The van der Waals surface area contributed by atoms with Crippen LogP contribution >= 0.6 is 0 Å². The molecule has 0 saturated heterocycles. The van der Waals surface area contributed by atoms with Gasteiger partial charge in [-0.25, -0.2) is 16.8 Å². The molecule has 0 bridgehead atoms. The fourth-order valence-corrected chi connectivity index (χ4v) is 8.05. The molecule has 4 N–H and O–H groups in total. The minimum atomic E-state index is -4.68. The minimum absolute atomic E-state index is 0. The molecule has 17 heteroatoms. The second-order valence-corrected chi connectivity index (χ2v) is 15.9. The zero-order chi connectivity index (χ0) is 39.3. The number of H-pyrrole nitrogens is 4. The summed E-state index contributed by atoms with van der Waals surface area (Å²) in [5.41, 5.74) is 2.78. The molecule has 0 unspecified atom stereocenters. The fraction of sp³-hybridized carbons (Fsp3) is 0. The number of rotatable bonds is 2. The van der Waals surface area contributed by atoms with Crippen molar-refractivity contribution in [1.29, 1.82) is 0 Å². The van der Waals surface area contributed by atoms with E-state index in [0.29, 0.717) is 65.7 Å². The molecule has 10 rings (SSSR count). The van der Waals surface area contributed by atoms with E-state index in [4.69, 9.17) is 0 Å². The van der Waals surface area contributed by atoms with Crippen LogP contribution in [0.2, 0.25) is 0 Å². The Morgan fingerprint density at radius 2 is 0.596 bits per heavy atom. The first kappa shape index (κ1) is 37.4. The van der Waals surface area contributed by atoms with Gasteiger partial charge in [-0.05, 0) is 84.9 Å². The Balaban J connectivity index is 0.000000157. The Morgan fingerprint density at radius 3 is 0.912 bits per heavy atom. The van der Waals surface area contributed by atoms with Gasteiger partial charge in [0.2, 0.25) is 0 Å². The van der Waals surface area contributed by atoms with Crippen molar-refractivity contribution in [1.82, 2.24) is 19.9 Å². The molecule has 0 fully saturated rings. The van der Waals surface area contributed by atoms with Crippen LogP contribution in [-0.2, 0) is 36.7 Å². The second-order valence-electron chi connectivity index (χ2n) is 13.1. The maximum absolute atomic E-state index is 13.0. The molecule has 0 atom stereocenters. The summed E-state index contributed by atoms with van der Waals surface area (Å²) in [5, 5.41) is 2.70. The Labute approximate surface area is 328 Å². The maximum atomic E-state index is 13.0. The van der Waals surface area contributed by atoms with Gasteiger partial charge in [-0.2, -0.15) is 0 Å². The van der Waals surface area contributed by atoms with Crippen LogP contribution in [0.3, 0.4) is 0 Å². The molecular formula is C40H22N4NiO10S2. The minimum Gasteiger partial charge on any atom is -0.744 e. The molecule has 0 saturated carbocycles. The molecule has 0 aliphatic carbocycles. The summed E-state index contributed by atoms with van der Waals surface area (Å²) < 4.78 is 67.7. The predicted octanol–water partition coefficient (Wildman–Crippen LogP) is 5.16. The van der Waals surface area contributed by atoms with Crippen molar-refractivity contribution in [3.63, 3.8) is 0 Å². The number of hydrogen-bond donors (Lipinski definition) is 4. The summed E-state index contributed by atoms with van der Waals surface area (Å²) >= 11 is 0. The molecule has 0 aliphatic heterocycles. The van der Waals surface area contributed by atoms with Crippen LogP contribution in [-0.4, -0.2) is 45.9 Å². The summed E-state index contributed by atoms with van der Waals surface area (Å²) in [6, 6.07) is 27.7. The largest absolute Gasteiger partial charge is 2.00 e. The number of aromatic nitrogens is 4. The zero-order valence-electron chi connectivity index (χ0n) is 28.6. The van der Waals surface area contributed by atoms with Gasteiger partial charge in [0.25, 0.3) is 0 Å². The van der Waals surface area contributed by atoms with E-state index in [1.165, 1.54) is 12.1 Å². The van der Waals surface area contributed by atoms with Crippen molar-refractivity contribution in [2.75, 3.05) is 0 Å². The summed E-state index contributed by atoms with van der Waals surface area (Å²) in [6.45, 7) is 0. The van der Waals surface area contributed by atoms with Gasteiger partial charge >= 0.3 is 16.5 Å². The van der Waals surface area contributed by atoms with E-state index in [2.05, 4.69) is 19.9 Å². The van der Waals surface area contributed by atoms with Gasteiger partial charge in [-0.15, -0.1) is 0 Å². The van der Waals surface area contributed by atoms with E-state index < -0.39 is 40.9 Å². The van der Waals surface area contributed by atoms with Crippen LogP contribution in [0.4, 0.5) is 0 Å². The third kappa shape index (κ3) is 6.27. The number of para-hydroxylation sites is 2. The third-order valence-electron chi connectivity index (χ3n) is 9.76. The first-order chi connectivity index (χ1) is 26.7. The van der Waals surface area contributed by atoms with Gasteiger partial charge in [0, 0.05) is 65.2 Å². The molecule has 57 heavy (non-hydrogen) atoms. The number of benzene rings is 6. The van der Waals surface area contributed by atoms with Crippen molar-refractivity contribution < 1.29 is 42.4 Å². The maximum Gasteiger partial charge on any atom is 2.00 e. The average Bonchev–Trinajstić information content (AvgIpc) is 3.17. The van der Waals surface area contributed by atoms with Gasteiger partial charge in [0.1, 0.15) is 20.2 Å². The van der Waals surface area contributed by atoms with E-state index in [0.717, 1.165) is 24.3 Å². The molecule has 4 heterocycles. The number of aromatic amines is 4. The first-order valence-corrected chi connectivity index (χ1v) is 19.5. The van der Waals surface area contributed by atoms with Crippen molar-refractivity contribution >= 4 is 107 Å². The number of nitrogens with one attached hydrogen (secondary N) is 4. The topological polar surface area (TPSA) is 246 Å². The second kappa shape index (κ2) is 13.3.